The number of rotatable bonds is 10. The molecule has 2 aromatic carbocycles. The largest absolute Gasteiger partial charge is 0.616 e. The topological polar surface area (TPSA) is 76.1 Å². The van der Waals surface area contributed by atoms with Gasteiger partial charge in [-0.25, -0.2) is 4.98 Å². The van der Waals surface area contributed by atoms with Gasteiger partial charge >= 0.3 is 6.18 Å². The standard InChI is InChI=1S/C27H26F3N3O3S/c1-19-15-25(9-6-21(19)18-37(34)14-12-24-11-13-31-33(24)2)35-16-23-17-36-26(32-23)10-5-20-3-7-22(8-4-20)27(28,29)30/h3-11,13,15,17H,12,14,16,18H2,1-2H3. The monoisotopic (exact) mass is 529 g/mol. The van der Waals surface area contributed by atoms with Gasteiger partial charge in [-0.2, -0.15) is 18.3 Å². The van der Waals surface area contributed by atoms with E-state index in [-0.39, 0.29) is 6.61 Å². The molecule has 0 spiro atoms. The summed E-state index contributed by atoms with van der Waals surface area (Å²) in [5, 5.41) is 4.13. The van der Waals surface area contributed by atoms with Gasteiger partial charge in [-0.1, -0.05) is 18.2 Å². The van der Waals surface area contributed by atoms with E-state index < -0.39 is 22.9 Å². The number of hydrogen-bond acceptors (Lipinski definition) is 5. The number of alkyl halides is 3. The summed E-state index contributed by atoms with van der Waals surface area (Å²) in [4.78, 5) is 4.32. The molecule has 1 atom stereocenters. The quantitative estimate of drug-likeness (QED) is 0.236. The minimum atomic E-state index is -4.36. The Morgan fingerprint density at radius 2 is 1.89 bits per heavy atom. The summed E-state index contributed by atoms with van der Waals surface area (Å²) in [6, 6.07) is 12.4. The molecule has 0 bridgehead atoms. The lowest BCUT2D eigenvalue weighted by molar-refractivity contribution is -0.137. The molecule has 0 N–H and O–H groups in total. The molecule has 0 radical (unpaired) electrons. The number of aromatic nitrogens is 3. The first kappa shape index (κ1) is 26.6. The van der Waals surface area contributed by atoms with Crippen molar-refractivity contribution in [2.24, 2.45) is 7.05 Å². The number of halogens is 3. The predicted octanol–water partition coefficient (Wildman–Crippen LogP) is 5.98. The highest BCUT2D eigenvalue weighted by molar-refractivity contribution is 7.90. The van der Waals surface area contributed by atoms with Gasteiger partial charge in [-0.05, 0) is 65.6 Å². The van der Waals surface area contributed by atoms with Crippen LogP contribution in [0.15, 0.2) is 65.4 Å². The fraction of sp³-hybridized carbons (Fsp3) is 0.259. The molecule has 2 aromatic heterocycles. The molecule has 194 valence electrons. The Morgan fingerprint density at radius 3 is 2.57 bits per heavy atom. The third-order valence-corrected chi connectivity index (χ3v) is 7.04. The van der Waals surface area contributed by atoms with E-state index in [0.29, 0.717) is 40.8 Å². The summed E-state index contributed by atoms with van der Waals surface area (Å²) < 4.78 is 63.6. The molecule has 2 heterocycles. The average Bonchev–Trinajstić information content (AvgIpc) is 3.50. The molecular formula is C27H26F3N3O3S. The second-order valence-electron chi connectivity index (χ2n) is 8.49. The zero-order valence-corrected chi connectivity index (χ0v) is 21.2. The summed E-state index contributed by atoms with van der Waals surface area (Å²) in [6.45, 7) is 2.15. The van der Waals surface area contributed by atoms with Crippen LogP contribution in [0.25, 0.3) is 12.2 Å². The highest BCUT2D eigenvalue weighted by Crippen LogP contribution is 2.29. The molecular weight excluding hydrogens is 503 g/mol. The van der Waals surface area contributed by atoms with Gasteiger partial charge in [0.05, 0.1) is 5.56 Å². The Kier molecular flexibility index (Phi) is 8.40. The van der Waals surface area contributed by atoms with Gasteiger partial charge in [0.1, 0.15) is 35.8 Å². The van der Waals surface area contributed by atoms with Gasteiger partial charge in [0.25, 0.3) is 0 Å². The van der Waals surface area contributed by atoms with Crippen molar-refractivity contribution < 1.29 is 26.9 Å². The Labute approximate surface area is 216 Å². The third-order valence-electron chi connectivity index (χ3n) is 5.75. The predicted molar refractivity (Wildman–Crippen MR) is 136 cm³/mol. The smallest absolute Gasteiger partial charge is 0.416 e. The number of benzene rings is 2. The van der Waals surface area contributed by atoms with Crippen molar-refractivity contribution in [2.75, 3.05) is 5.75 Å². The molecule has 10 heteroatoms. The number of hydrogen-bond donors (Lipinski definition) is 0. The van der Waals surface area contributed by atoms with Crippen LogP contribution in [0.1, 0.15) is 39.5 Å². The first-order chi connectivity index (χ1) is 17.7. The van der Waals surface area contributed by atoms with E-state index in [2.05, 4.69) is 10.1 Å². The Hall–Kier alpha value is -3.50. The number of aryl methyl sites for hydroxylation is 3. The zero-order chi connectivity index (χ0) is 26.4. The molecule has 4 rings (SSSR count). The summed E-state index contributed by atoms with van der Waals surface area (Å²) >= 11 is -0.994. The maximum atomic E-state index is 12.7. The zero-order valence-electron chi connectivity index (χ0n) is 20.4. The van der Waals surface area contributed by atoms with E-state index in [4.69, 9.17) is 9.15 Å². The van der Waals surface area contributed by atoms with Crippen molar-refractivity contribution in [3.8, 4) is 5.75 Å². The average molecular weight is 530 g/mol. The van der Waals surface area contributed by atoms with Crippen LogP contribution < -0.4 is 4.74 Å². The molecule has 0 aliphatic carbocycles. The van der Waals surface area contributed by atoms with Gasteiger partial charge < -0.3 is 13.7 Å². The lowest BCUT2D eigenvalue weighted by atomic mass is 10.1. The minimum absolute atomic E-state index is 0.188. The van der Waals surface area contributed by atoms with E-state index in [1.54, 1.807) is 23.0 Å². The van der Waals surface area contributed by atoms with E-state index in [1.165, 1.54) is 18.4 Å². The van der Waals surface area contributed by atoms with E-state index in [9.17, 15) is 17.7 Å². The number of oxazole rings is 1. The third kappa shape index (κ3) is 7.50. The van der Waals surface area contributed by atoms with Crippen LogP contribution in [0.4, 0.5) is 13.2 Å². The molecule has 0 aliphatic heterocycles. The van der Waals surface area contributed by atoms with Crippen molar-refractivity contribution in [2.45, 2.75) is 31.9 Å². The molecule has 4 aromatic rings. The van der Waals surface area contributed by atoms with Gasteiger partial charge in [0.15, 0.2) is 0 Å². The number of nitrogens with zero attached hydrogens (tertiary/aromatic N) is 3. The Balaban J connectivity index is 1.27. The normalized spacial score (nSPS) is 12.8. The Bertz CT molecular complexity index is 1350. The van der Waals surface area contributed by atoms with Crippen LogP contribution in [0.2, 0.25) is 0 Å². The second kappa shape index (κ2) is 11.7. The molecule has 37 heavy (non-hydrogen) atoms. The van der Waals surface area contributed by atoms with Crippen molar-refractivity contribution in [1.29, 1.82) is 0 Å². The van der Waals surface area contributed by atoms with Crippen molar-refractivity contribution in [1.82, 2.24) is 14.8 Å². The van der Waals surface area contributed by atoms with Gasteiger partial charge in [-0.3, -0.25) is 4.68 Å². The van der Waals surface area contributed by atoms with Crippen molar-refractivity contribution in [3.05, 3.63) is 101 Å². The molecule has 0 saturated heterocycles. The fourth-order valence-corrected chi connectivity index (χ4v) is 4.86. The maximum absolute atomic E-state index is 12.7. The fourth-order valence-electron chi connectivity index (χ4n) is 3.60. The van der Waals surface area contributed by atoms with Gasteiger partial charge in [0, 0.05) is 37.0 Å². The minimum Gasteiger partial charge on any atom is -0.616 e. The van der Waals surface area contributed by atoms with Crippen LogP contribution in [-0.2, 0) is 43.2 Å². The van der Waals surface area contributed by atoms with Crippen LogP contribution in [0.3, 0.4) is 0 Å². The van der Waals surface area contributed by atoms with Crippen LogP contribution in [0.5, 0.6) is 5.75 Å². The first-order valence-electron chi connectivity index (χ1n) is 11.5. The molecule has 0 amide bonds. The summed E-state index contributed by atoms with van der Waals surface area (Å²) in [6.07, 6.45) is 2.76. The first-order valence-corrected chi connectivity index (χ1v) is 13.0. The van der Waals surface area contributed by atoms with E-state index in [0.717, 1.165) is 29.0 Å². The second-order valence-corrected chi connectivity index (χ2v) is 10.1. The van der Waals surface area contributed by atoms with Crippen LogP contribution >= 0.6 is 0 Å². The number of ether oxygens (including phenoxy) is 1. The summed E-state index contributed by atoms with van der Waals surface area (Å²) in [5.74, 6) is 2.02. The highest BCUT2D eigenvalue weighted by atomic mass is 32.2. The molecule has 0 saturated carbocycles. The Morgan fingerprint density at radius 1 is 1.11 bits per heavy atom. The lowest BCUT2D eigenvalue weighted by Gasteiger charge is -2.14. The van der Waals surface area contributed by atoms with Crippen molar-refractivity contribution in [3.63, 3.8) is 0 Å². The maximum Gasteiger partial charge on any atom is 0.416 e. The van der Waals surface area contributed by atoms with Crippen LogP contribution in [-0.4, -0.2) is 25.1 Å². The van der Waals surface area contributed by atoms with E-state index in [1.807, 2.05) is 38.2 Å². The van der Waals surface area contributed by atoms with Crippen molar-refractivity contribution >= 4 is 23.3 Å². The lowest BCUT2D eigenvalue weighted by Crippen LogP contribution is -2.14. The highest BCUT2D eigenvalue weighted by Gasteiger charge is 2.29. The molecule has 0 fully saturated rings. The molecule has 0 aliphatic rings. The molecule has 1 unspecified atom stereocenters. The van der Waals surface area contributed by atoms with Gasteiger partial charge in [0.2, 0.25) is 5.89 Å². The molecule has 6 nitrogen and oxygen atoms in total. The van der Waals surface area contributed by atoms with Crippen LogP contribution in [0, 0.1) is 6.92 Å². The van der Waals surface area contributed by atoms with Gasteiger partial charge in [-0.15, -0.1) is 0 Å². The SMILES string of the molecule is Cc1cc(OCc2coc(C=Cc3ccc(C(F)(F)F)cc3)n2)ccc1C[S+]([O-])CCc1ccnn1C. The van der Waals surface area contributed by atoms with E-state index >= 15 is 0 Å². The summed E-state index contributed by atoms with van der Waals surface area (Å²) in [7, 11) is 1.88. The summed E-state index contributed by atoms with van der Waals surface area (Å²) in [5.41, 5.74) is 3.53.